The first-order valence-electron chi connectivity index (χ1n) is 4.04. The maximum absolute atomic E-state index is 11.0. The molecule has 1 heterocycles. The van der Waals surface area contributed by atoms with Crippen molar-refractivity contribution < 1.29 is 4.79 Å². The highest BCUT2D eigenvalue weighted by molar-refractivity contribution is 7.11. The largest absolute Gasteiger partial charge is 0.341 e. The van der Waals surface area contributed by atoms with E-state index in [-0.39, 0.29) is 12.1 Å². The Labute approximate surface area is 81.4 Å². The summed E-state index contributed by atoms with van der Waals surface area (Å²) in [5.74, 6) is 0. The van der Waals surface area contributed by atoms with Crippen molar-refractivity contribution >= 4 is 17.4 Å². The topological polar surface area (TPSA) is 54.0 Å². The molecule has 72 valence electrons. The quantitative estimate of drug-likeness (QED) is 0.757. The molecule has 1 atom stereocenters. The van der Waals surface area contributed by atoms with Gasteiger partial charge in [-0.15, -0.1) is 11.3 Å². The van der Waals surface area contributed by atoms with Crippen molar-refractivity contribution in [2.45, 2.75) is 19.9 Å². The van der Waals surface area contributed by atoms with Crippen LogP contribution in [0.25, 0.3) is 0 Å². The van der Waals surface area contributed by atoms with Crippen molar-refractivity contribution in [2.75, 3.05) is 7.05 Å². The van der Waals surface area contributed by atoms with Gasteiger partial charge in [0, 0.05) is 18.1 Å². The van der Waals surface area contributed by atoms with Crippen LogP contribution in [0, 0.1) is 6.92 Å². The average Bonchev–Trinajstić information content (AvgIpc) is 2.51. The van der Waals surface area contributed by atoms with E-state index in [0.29, 0.717) is 0 Å². The second kappa shape index (κ2) is 4.23. The Kier molecular flexibility index (Phi) is 3.25. The van der Waals surface area contributed by atoms with Crippen LogP contribution in [-0.2, 0) is 0 Å². The summed E-state index contributed by atoms with van der Waals surface area (Å²) >= 11 is 1.59. The molecular weight excluding hydrogens is 186 g/mol. The minimum absolute atomic E-state index is 0.0290. The van der Waals surface area contributed by atoms with Crippen LogP contribution < -0.4 is 10.6 Å². The summed E-state index contributed by atoms with van der Waals surface area (Å²) in [5.41, 5.74) is 0. The van der Waals surface area contributed by atoms with Crippen LogP contribution in [0.3, 0.4) is 0 Å². The molecular formula is C8H13N3OS. The Bertz CT molecular complexity index is 297. The third-order valence-corrected chi connectivity index (χ3v) is 2.68. The minimum atomic E-state index is -0.180. The molecule has 0 saturated heterocycles. The van der Waals surface area contributed by atoms with Crippen molar-refractivity contribution in [3.05, 3.63) is 16.1 Å². The zero-order valence-corrected chi connectivity index (χ0v) is 8.73. The van der Waals surface area contributed by atoms with E-state index >= 15 is 0 Å². The Morgan fingerprint density at radius 3 is 2.85 bits per heavy atom. The molecule has 0 bridgehead atoms. The number of hydrogen-bond donors (Lipinski definition) is 2. The van der Waals surface area contributed by atoms with Crippen LogP contribution in [0.1, 0.15) is 22.9 Å². The van der Waals surface area contributed by atoms with Crippen LogP contribution >= 0.6 is 11.3 Å². The van der Waals surface area contributed by atoms with Gasteiger partial charge >= 0.3 is 6.03 Å². The maximum Gasteiger partial charge on any atom is 0.315 e. The zero-order chi connectivity index (χ0) is 9.84. The zero-order valence-electron chi connectivity index (χ0n) is 7.92. The molecule has 0 aromatic carbocycles. The molecule has 1 rings (SSSR count). The van der Waals surface area contributed by atoms with Crippen LogP contribution in [0.15, 0.2) is 6.20 Å². The summed E-state index contributed by atoms with van der Waals surface area (Å²) in [7, 11) is 1.59. The van der Waals surface area contributed by atoms with Gasteiger partial charge in [-0.2, -0.15) is 0 Å². The molecule has 0 aliphatic heterocycles. The number of amides is 2. The Balaban J connectivity index is 2.58. The van der Waals surface area contributed by atoms with Gasteiger partial charge in [0.05, 0.1) is 6.04 Å². The maximum atomic E-state index is 11.0. The lowest BCUT2D eigenvalue weighted by Gasteiger charge is -2.09. The summed E-state index contributed by atoms with van der Waals surface area (Å²) in [4.78, 5) is 16.3. The SMILES string of the molecule is CNC(=O)NC(C)c1ncc(C)s1. The monoisotopic (exact) mass is 199 g/mol. The molecule has 0 saturated carbocycles. The van der Waals surface area contributed by atoms with Crippen molar-refractivity contribution in [1.82, 2.24) is 15.6 Å². The summed E-state index contributed by atoms with van der Waals surface area (Å²) in [5, 5.41) is 6.19. The van der Waals surface area contributed by atoms with Crippen molar-refractivity contribution in [1.29, 1.82) is 0 Å². The normalized spacial score (nSPS) is 12.2. The van der Waals surface area contributed by atoms with E-state index in [1.54, 1.807) is 18.4 Å². The summed E-state index contributed by atoms with van der Waals surface area (Å²) in [6, 6.07) is -0.209. The first-order valence-corrected chi connectivity index (χ1v) is 4.85. The molecule has 13 heavy (non-hydrogen) atoms. The highest BCUT2D eigenvalue weighted by Gasteiger charge is 2.10. The summed E-state index contributed by atoms with van der Waals surface area (Å²) in [6.45, 7) is 3.90. The molecule has 2 N–H and O–H groups in total. The molecule has 2 amide bonds. The number of hydrogen-bond acceptors (Lipinski definition) is 3. The van der Waals surface area contributed by atoms with Gasteiger partial charge in [-0.25, -0.2) is 9.78 Å². The first kappa shape index (κ1) is 9.98. The number of nitrogens with one attached hydrogen (secondary N) is 2. The average molecular weight is 199 g/mol. The first-order chi connectivity index (χ1) is 6.13. The van der Waals surface area contributed by atoms with Crippen molar-refractivity contribution in [2.24, 2.45) is 0 Å². The molecule has 0 radical (unpaired) electrons. The van der Waals surface area contributed by atoms with E-state index in [9.17, 15) is 4.79 Å². The lowest BCUT2D eigenvalue weighted by atomic mass is 10.4. The molecule has 1 aromatic rings. The molecule has 1 aromatic heterocycles. The lowest BCUT2D eigenvalue weighted by Crippen LogP contribution is -2.34. The number of aromatic nitrogens is 1. The Morgan fingerprint density at radius 2 is 2.38 bits per heavy atom. The molecule has 0 aliphatic rings. The van der Waals surface area contributed by atoms with Gasteiger partial charge in [0.25, 0.3) is 0 Å². The van der Waals surface area contributed by atoms with E-state index in [4.69, 9.17) is 0 Å². The fourth-order valence-corrected chi connectivity index (χ4v) is 1.68. The third-order valence-electron chi connectivity index (χ3n) is 1.58. The Morgan fingerprint density at radius 1 is 1.69 bits per heavy atom. The molecule has 0 aliphatic carbocycles. The molecule has 4 nitrogen and oxygen atoms in total. The highest BCUT2D eigenvalue weighted by Crippen LogP contribution is 2.18. The number of carbonyl (C=O) groups is 1. The fraction of sp³-hybridized carbons (Fsp3) is 0.500. The van der Waals surface area contributed by atoms with E-state index in [2.05, 4.69) is 15.6 Å². The van der Waals surface area contributed by atoms with Crippen LogP contribution in [0.5, 0.6) is 0 Å². The summed E-state index contributed by atoms with van der Waals surface area (Å²) < 4.78 is 0. The van der Waals surface area contributed by atoms with E-state index in [1.807, 2.05) is 20.0 Å². The van der Waals surface area contributed by atoms with Gasteiger partial charge in [0.2, 0.25) is 0 Å². The van der Waals surface area contributed by atoms with E-state index < -0.39 is 0 Å². The fourth-order valence-electron chi connectivity index (χ4n) is 0.903. The number of aryl methyl sites for hydroxylation is 1. The molecule has 0 fully saturated rings. The van der Waals surface area contributed by atoms with Crippen molar-refractivity contribution in [3.63, 3.8) is 0 Å². The van der Waals surface area contributed by atoms with Gasteiger partial charge in [0.1, 0.15) is 5.01 Å². The van der Waals surface area contributed by atoms with Crippen LogP contribution in [0.2, 0.25) is 0 Å². The van der Waals surface area contributed by atoms with E-state index in [0.717, 1.165) is 9.88 Å². The predicted molar refractivity (Wildman–Crippen MR) is 52.9 cm³/mol. The van der Waals surface area contributed by atoms with Gasteiger partial charge in [-0.1, -0.05) is 0 Å². The third kappa shape index (κ3) is 2.69. The number of rotatable bonds is 2. The van der Waals surface area contributed by atoms with Crippen LogP contribution in [-0.4, -0.2) is 18.1 Å². The predicted octanol–water partition coefficient (Wildman–Crippen LogP) is 1.44. The van der Waals surface area contributed by atoms with Gasteiger partial charge < -0.3 is 10.6 Å². The number of carbonyl (C=O) groups excluding carboxylic acids is 1. The summed E-state index contributed by atoms with van der Waals surface area (Å²) in [6.07, 6.45) is 1.81. The molecule has 5 heteroatoms. The lowest BCUT2D eigenvalue weighted by molar-refractivity contribution is 0.240. The van der Waals surface area contributed by atoms with Gasteiger partial charge in [0.15, 0.2) is 0 Å². The van der Waals surface area contributed by atoms with Crippen LogP contribution in [0.4, 0.5) is 4.79 Å². The van der Waals surface area contributed by atoms with Gasteiger partial charge in [-0.05, 0) is 13.8 Å². The second-order valence-corrected chi connectivity index (χ2v) is 4.02. The number of thiazole rings is 1. The second-order valence-electron chi connectivity index (χ2n) is 2.75. The molecule has 1 unspecified atom stereocenters. The number of urea groups is 1. The smallest absolute Gasteiger partial charge is 0.315 e. The Hall–Kier alpha value is -1.10. The highest BCUT2D eigenvalue weighted by atomic mass is 32.1. The number of nitrogens with zero attached hydrogens (tertiary/aromatic N) is 1. The van der Waals surface area contributed by atoms with E-state index in [1.165, 1.54) is 0 Å². The standard InChI is InChI=1S/C8H13N3OS/c1-5-4-10-7(13-5)6(2)11-8(12)9-3/h4,6H,1-3H3,(H2,9,11,12). The molecule has 0 spiro atoms. The van der Waals surface area contributed by atoms with Gasteiger partial charge in [-0.3, -0.25) is 0 Å². The van der Waals surface area contributed by atoms with Crippen molar-refractivity contribution in [3.8, 4) is 0 Å². The minimum Gasteiger partial charge on any atom is -0.341 e.